The quantitative estimate of drug-likeness (QED) is 0.872. The van der Waals surface area contributed by atoms with Crippen molar-refractivity contribution in [3.8, 4) is 5.75 Å². The Bertz CT molecular complexity index is 847. The van der Waals surface area contributed by atoms with E-state index in [0.29, 0.717) is 23.7 Å². The Morgan fingerprint density at radius 2 is 1.88 bits per heavy atom. The topological polar surface area (TPSA) is 58.6 Å². The number of carbonyl (C=O) groups is 2. The Labute approximate surface area is 147 Å². The molecule has 0 bridgehead atoms. The summed E-state index contributed by atoms with van der Waals surface area (Å²) in [4.78, 5) is 27.4. The summed E-state index contributed by atoms with van der Waals surface area (Å²) in [5.41, 5.74) is 1.93. The average molecular weight is 338 g/mol. The smallest absolute Gasteiger partial charge is 0.280 e. The van der Waals surface area contributed by atoms with Gasteiger partial charge in [0.1, 0.15) is 5.75 Å². The normalized spacial score (nSPS) is 19.2. The number of amides is 2. The first-order chi connectivity index (χ1) is 11.9. The number of carbonyl (C=O) groups excluding carboxylic acids is 2. The van der Waals surface area contributed by atoms with E-state index in [2.05, 4.69) is 5.32 Å². The van der Waals surface area contributed by atoms with Crippen molar-refractivity contribution in [1.82, 2.24) is 0 Å². The minimum atomic E-state index is -1.61. The number of rotatable bonds is 3. The Morgan fingerprint density at radius 1 is 1.16 bits per heavy atom. The zero-order valence-electron chi connectivity index (χ0n) is 14.9. The van der Waals surface area contributed by atoms with Crippen molar-refractivity contribution in [2.45, 2.75) is 33.3 Å². The molecule has 1 heterocycles. The van der Waals surface area contributed by atoms with Crippen molar-refractivity contribution < 1.29 is 14.3 Å². The SMILES string of the molecule is CCN1C(=O)C(C)(C(=O)Nc2ccc(C)c(C)c2)Oc2ccccc21. The number of anilines is 2. The maximum Gasteiger partial charge on any atom is 0.280 e. The molecule has 2 amide bonds. The number of aryl methyl sites for hydroxylation is 2. The van der Waals surface area contributed by atoms with Gasteiger partial charge in [0.25, 0.3) is 17.4 Å². The van der Waals surface area contributed by atoms with Crippen molar-refractivity contribution >= 4 is 23.2 Å². The fourth-order valence-electron chi connectivity index (χ4n) is 2.92. The van der Waals surface area contributed by atoms with E-state index in [1.165, 1.54) is 6.92 Å². The number of para-hydroxylation sites is 2. The second-order valence-corrected chi connectivity index (χ2v) is 6.41. The Morgan fingerprint density at radius 3 is 2.56 bits per heavy atom. The van der Waals surface area contributed by atoms with Crippen LogP contribution in [0, 0.1) is 13.8 Å². The summed E-state index contributed by atoms with van der Waals surface area (Å²) in [5, 5.41) is 2.81. The van der Waals surface area contributed by atoms with E-state index in [-0.39, 0.29) is 5.91 Å². The highest BCUT2D eigenvalue weighted by Crippen LogP contribution is 2.38. The maximum absolute atomic E-state index is 12.9. The van der Waals surface area contributed by atoms with Crippen molar-refractivity contribution in [2.24, 2.45) is 0 Å². The number of fused-ring (bicyclic) bond motifs is 1. The van der Waals surface area contributed by atoms with Crippen LogP contribution in [0.25, 0.3) is 0 Å². The fourth-order valence-corrected chi connectivity index (χ4v) is 2.92. The van der Waals surface area contributed by atoms with E-state index < -0.39 is 11.5 Å². The van der Waals surface area contributed by atoms with E-state index >= 15 is 0 Å². The molecule has 0 fully saturated rings. The highest BCUT2D eigenvalue weighted by Gasteiger charge is 2.50. The minimum absolute atomic E-state index is 0.366. The summed E-state index contributed by atoms with van der Waals surface area (Å²) in [7, 11) is 0. The molecule has 0 aromatic heterocycles. The zero-order valence-corrected chi connectivity index (χ0v) is 14.9. The lowest BCUT2D eigenvalue weighted by Crippen LogP contribution is -2.60. The first-order valence-corrected chi connectivity index (χ1v) is 8.35. The molecule has 130 valence electrons. The van der Waals surface area contributed by atoms with Gasteiger partial charge in [0.05, 0.1) is 5.69 Å². The molecule has 1 N–H and O–H groups in total. The number of nitrogens with zero attached hydrogens (tertiary/aromatic N) is 1. The molecule has 1 aliphatic rings. The van der Waals surface area contributed by atoms with Gasteiger partial charge < -0.3 is 15.0 Å². The lowest BCUT2D eigenvalue weighted by molar-refractivity contribution is -0.145. The Balaban J connectivity index is 1.93. The molecule has 25 heavy (non-hydrogen) atoms. The van der Waals surface area contributed by atoms with Crippen molar-refractivity contribution in [3.05, 3.63) is 53.6 Å². The highest BCUT2D eigenvalue weighted by molar-refractivity contribution is 6.19. The third-order valence-electron chi connectivity index (χ3n) is 4.64. The molecule has 1 unspecified atom stereocenters. The van der Waals surface area contributed by atoms with Crippen molar-refractivity contribution in [1.29, 1.82) is 0 Å². The van der Waals surface area contributed by atoms with Gasteiger partial charge in [-0.15, -0.1) is 0 Å². The molecule has 0 aliphatic carbocycles. The van der Waals surface area contributed by atoms with E-state index in [1.54, 1.807) is 11.0 Å². The van der Waals surface area contributed by atoms with E-state index in [9.17, 15) is 9.59 Å². The van der Waals surface area contributed by atoms with Gasteiger partial charge in [0, 0.05) is 12.2 Å². The van der Waals surface area contributed by atoms with Crippen LogP contribution in [-0.4, -0.2) is 24.0 Å². The molecular formula is C20H22N2O3. The van der Waals surface area contributed by atoms with E-state index in [0.717, 1.165) is 11.1 Å². The van der Waals surface area contributed by atoms with Crippen LogP contribution in [0.2, 0.25) is 0 Å². The lowest BCUT2D eigenvalue weighted by atomic mass is 9.99. The molecule has 0 spiro atoms. The van der Waals surface area contributed by atoms with Gasteiger partial charge in [0.15, 0.2) is 0 Å². The van der Waals surface area contributed by atoms with Crippen LogP contribution >= 0.6 is 0 Å². The van der Waals surface area contributed by atoms with Gasteiger partial charge in [0.2, 0.25) is 0 Å². The van der Waals surface area contributed by atoms with Crippen LogP contribution in [0.5, 0.6) is 5.75 Å². The molecule has 1 aliphatic heterocycles. The van der Waals surface area contributed by atoms with Crippen LogP contribution in [0.3, 0.4) is 0 Å². The lowest BCUT2D eigenvalue weighted by Gasteiger charge is -2.39. The minimum Gasteiger partial charge on any atom is -0.465 e. The molecule has 5 nitrogen and oxygen atoms in total. The summed E-state index contributed by atoms with van der Waals surface area (Å²) >= 11 is 0. The molecule has 2 aromatic rings. The zero-order chi connectivity index (χ0) is 18.2. The van der Waals surface area contributed by atoms with Crippen molar-refractivity contribution in [2.75, 3.05) is 16.8 Å². The predicted molar refractivity (Wildman–Crippen MR) is 98.0 cm³/mol. The number of nitrogens with one attached hydrogen (secondary N) is 1. The van der Waals surface area contributed by atoms with Gasteiger partial charge >= 0.3 is 0 Å². The third kappa shape index (κ3) is 2.86. The van der Waals surface area contributed by atoms with Crippen molar-refractivity contribution in [3.63, 3.8) is 0 Å². The number of hydrogen-bond donors (Lipinski definition) is 1. The largest absolute Gasteiger partial charge is 0.465 e. The standard InChI is InChI=1S/C20H22N2O3/c1-5-22-16-8-6-7-9-17(16)25-20(4,19(22)24)18(23)21-15-11-10-13(2)14(3)12-15/h6-12H,5H2,1-4H3,(H,21,23). The van der Waals surface area contributed by atoms with Gasteiger partial charge in [-0.2, -0.15) is 0 Å². The molecule has 1 atom stereocenters. The van der Waals surface area contributed by atoms with E-state index in [1.807, 2.05) is 57.2 Å². The predicted octanol–water partition coefficient (Wildman–Crippen LogP) is 3.45. The molecule has 5 heteroatoms. The third-order valence-corrected chi connectivity index (χ3v) is 4.64. The maximum atomic E-state index is 12.9. The Kier molecular flexibility index (Phi) is 4.25. The molecule has 3 rings (SSSR count). The number of ether oxygens (including phenoxy) is 1. The van der Waals surface area contributed by atoms with E-state index in [4.69, 9.17) is 4.74 Å². The molecule has 0 saturated carbocycles. The van der Waals surface area contributed by atoms with Gasteiger partial charge in [-0.05, 0) is 63.1 Å². The first-order valence-electron chi connectivity index (χ1n) is 8.35. The average Bonchev–Trinajstić information content (AvgIpc) is 2.59. The molecular weight excluding hydrogens is 316 g/mol. The summed E-state index contributed by atoms with van der Waals surface area (Å²) < 4.78 is 5.85. The molecule has 0 radical (unpaired) electrons. The summed E-state index contributed by atoms with van der Waals surface area (Å²) in [5.74, 6) is -0.314. The first kappa shape index (κ1) is 17.0. The second-order valence-electron chi connectivity index (χ2n) is 6.41. The second kappa shape index (κ2) is 6.24. The van der Waals surface area contributed by atoms with Gasteiger partial charge in [-0.3, -0.25) is 9.59 Å². The highest BCUT2D eigenvalue weighted by atomic mass is 16.5. The number of hydrogen-bond acceptors (Lipinski definition) is 3. The van der Waals surface area contributed by atoms with Crippen LogP contribution in [0.4, 0.5) is 11.4 Å². The molecule has 0 saturated heterocycles. The van der Waals surface area contributed by atoms with Crippen LogP contribution < -0.4 is 15.0 Å². The van der Waals surface area contributed by atoms with Crippen LogP contribution in [0.15, 0.2) is 42.5 Å². The van der Waals surface area contributed by atoms with Crippen LogP contribution in [0.1, 0.15) is 25.0 Å². The number of benzene rings is 2. The Hall–Kier alpha value is -2.82. The summed E-state index contributed by atoms with van der Waals surface area (Å²) in [6.45, 7) is 7.84. The molecule has 2 aromatic carbocycles. The monoisotopic (exact) mass is 338 g/mol. The van der Waals surface area contributed by atoms with Crippen LogP contribution in [-0.2, 0) is 9.59 Å². The summed E-state index contributed by atoms with van der Waals surface area (Å²) in [6.07, 6.45) is 0. The number of likely N-dealkylation sites (N-methyl/N-ethyl adjacent to an activating group) is 1. The van der Waals surface area contributed by atoms with Gasteiger partial charge in [-0.25, -0.2) is 0 Å². The fraction of sp³-hybridized carbons (Fsp3) is 0.300. The van der Waals surface area contributed by atoms with Gasteiger partial charge in [-0.1, -0.05) is 18.2 Å². The summed E-state index contributed by atoms with van der Waals surface area (Å²) in [6, 6.07) is 12.9.